The minimum atomic E-state index is 0.107. The second kappa shape index (κ2) is 7.35. The maximum atomic E-state index is 11.7. The van der Waals surface area contributed by atoms with Crippen molar-refractivity contribution in [3.63, 3.8) is 0 Å². The van der Waals surface area contributed by atoms with Crippen LogP contribution in [0.15, 0.2) is 36.0 Å². The second-order valence-electron chi connectivity index (χ2n) is 5.50. The standard InChI is InChI=1S/C17H26O/c1-13-9-5-6-11-15(3)17(16(4)18)12-8-7-10-14(13)2/h5,7,9-11,13-14,17H,6,8,12H2,1-4H3/b9-5-,10-7+,15-11+. The summed E-state index contributed by atoms with van der Waals surface area (Å²) in [6.07, 6.45) is 14.1. The zero-order valence-electron chi connectivity index (χ0n) is 12.1. The Kier molecular flexibility index (Phi) is 6.11. The van der Waals surface area contributed by atoms with Crippen LogP contribution in [0.1, 0.15) is 47.0 Å². The summed E-state index contributed by atoms with van der Waals surface area (Å²) in [7, 11) is 0. The van der Waals surface area contributed by atoms with Gasteiger partial charge < -0.3 is 0 Å². The summed E-state index contributed by atoms with van der Waals surface area (Å²) in [4.78, 5) is 11.7. The summed E-state index contributed by atoms with van der Waals surface area (Å²) in [5.41, 5.74) is 1.22. The Morgan fingerprint density at radius 1 is 1.17 bits per heavy atom. The van der Waals surface area contributed by atoms with Gasteiger partial charge in [0.2, 0.25) is 0 Å². The maximum absolute atomic E-state index is 11.7. The van der Waals surface area contributed by atoms with E-state index in [2.05, 4.69) is 51.2 Å². The van der Waals surface area contributed by atoms with Crippen LogP contribution < -0.4 is 0 Å². The monoisotopic (exact) mass is 246 g/mol. The smallest absolute Gasteiger partial charge is 0.136 e. The number of rotatable bonds is 1. The minimum Gasteiger partial charge on any atom is -0.299 e. The highest BCUT2D eigenvalue weighted by Crippen LogP contribution is 2.21. The number of hydrogen-bond acceptors (Lipinski definition) is 1. The highest BCUT2D eigenvalue weighted by Gasteiger charge is 2.15. The van der Waals surface area contributed by atoms with E-state index in [0.717, 1.165) is 19.3 Å². The topological polar surface area (TPSA) is 17.1 Å². The molecule has 0 aromatic carbocycles. The molecular formula is C17H26O. The molecule has 0 saturated carbocycles. The molecule has 0 aromatic heterocycles. The molecule has 0 aromatic rings. The fourth-order valence-corrected chi connectivity index (χ4v) is 2.37. The van der Waals surface area contributed by atoms with Gasteiger partial charge in [-0.05, 0) is 44.9 Å². The molecule has 0 fully saturated rings. The van der Waals surface area contributed by atoms with E-state index in [0.29, 0.717) is 17.6 Å². The second-order valence-corrected chi connectivity index (χ2v) is 5.50. The van der Waals surface area contributed by atoms with Crippen LogP contribution in [0.2, 0.25) is 0 Å². The summed E-state index contributed by atoms with van der Waals surface area (Å²) >= 11 is 0. The van der Waals surface area contributed by atoms with Crippen LogP contribution >= 0.6 is 0 Å². The van der Waals surface area contributed by atoms with Crippen molar-refractivity contribution in [1.29, 1.82) is 0 Å². The molecule has 0 spiro atoms. The van der Waals surface area contributed by atoms with Gasteiger partial charge in [0.05, 0.1) is 0 Å². The molecule has 3 atom stereocenters. The normalized spacial score (nSPS) is 36.7. The predicted molar refractivity (Wildman–Crippen MR) is 78.4 cm³/mol. The fourth-order valence-electron chi connectivity index (χ4n) is 2.37. The lowest BCUT2D eigenvalue weighted by atomic mass is 9.89. The fraction of sp³-hybridized carbons (Fsp3) is 0.588. The zero-order valence-corrected chi connectivity index (χ0v) is 12.1. The predicted octanol–water partition coefficient (Wildman–Crippen LogP) is 4.71. The largest absolute Gasteiger partial charge is 0.299 e. The molecule has 1 nitrogen and oxygen atoms in total. The van der Waals surface area contributed by atoms with Gasteiger partial charge in [-0.15, -0.1) is 0 Å². The molecule has 1 rings (SSSR count). The average molecular weight is 246 g/mol. The van der Waals surface area contributed by atoms with Crippen molar-refractivity contribution in [3.05, 3.63) is 36.0 Å². The Balaban J connectivity index is 2.85. The molecular weight excluding hydrogens is 220 g/mol. The van der Waals surface area contributed by atoms with Gasteiger partial charge in [-0.25, -0.2) is 0 Å². The van der Waals surface area contributed by atoms with E-state index >= 15 is 0 Å². The third kappa shape index (κ3) is 4.64. The van der Waals surface area contributed by atoms with E-state index < -0.39 is 0 Å². The Morgan fingerprint density at radius 3 is 2.39 bits per heavy atom. The number of allylic oxidation sites excluding steroid dienone is 6. The van der Waals surface area contributed by atoms with Crippen LogP contribution in [-0.4, -0.2) is 5.78 Å². The molecule has 0 bridgehead atoms. The first-order valence-corrected chi connectivity index (χ1v) is 7.02. The van der Waals surface area contributed by atoms with Crippen LogP contribution in [0, 0.1) is 17.8 Å². The highest BCUT2D eigenvalue weighted by molar-refractivity contribution is 5.81. The van der Waals surface area contributed by atoms with E-state index in [9.17, 15) is 4.79 Å². The minimum absolute atomic E-state index is 0.107. The quantitative estimate of drug-likeness (QED) is 0.613. The van der Waals surface area contributed by atoms with E-state index in [1.165, 1.54) is 5.57 Å². The lowest BCUT2D eigenvalue weighted by Gasteiger charge is -2.16. The molecule has 0 N–H and O–H groups in total. The Hall–Kier alpha value is -1.11. The van der Waals surface area contributed by atoms with Crippen molar-refractivity contribution in [2.75, 3.05) is 0 Å². The van der Waals surface area contributed by atoms with Gasteiger partial charge >= 0.3 is 0 Å². The summed E-state index contributed by atoms with van der Waals surface area (Å²) in [6.45, 7) is 8.30. The lowest BCUT2D eigenvalue weighted by Crippen LogP contribution is -2.12. The number of Topliss-reactive ketones (excluding diaryl/α,β-unsaturated/α-hetero) is 1. The molecule has 0 saturated heterocycles. The molecule has 3 unspecified atom stereocenters. The summed E-state index contributed by atoms with van der Waals surface area (Å²) < 4.78 is 0. The molecule has 0 radical (unpaired) electrons. The van der Waals surface area contributed by atoms with Crippen molar-refractivity contribution in [3.8, 4) is 0 Å². The first kappa shape index (κ1) is 14.9. The van der Waals surface area contributed by atoms with Crippen molar-refractivity contribution in [2.24, 2.45) is 17.8 Å². The third-order valence-corrected chi connectivity index (χ3v) is 3.95. The van der Waals surface area contributed by atoms with Gasteiger partial charge in [0.1, 0.15) is 5.78 Å². The van der Waals surface area contributed by atoms with Gasteiger partial charge in [0.15, 0.2) is 0 Å². The van der Waals surface area contributed by atoms with Gasteiger partial charge in [-0.1, -0.05) is 49.8 Å². The third-order valence-electron chi connectivity index (χ3n) is 3.95. The van der Waals surface area contributed by atoms with Gasteiger partial charge in [-0.3, -0.25) is 4.79 Å². The number of carbonyl (C=O) groups excluding carboxylic acids is 1. The molecule has 1 heteroatoms. The van der Waals surface area contributed by atoms with Crippen LogP contribution in [-0.2, 0) is 4.79 Å². The Morgan fingerprint density at radius 2 is 1.78 bits per heavy atom. The van der Waals surface area contributed by atoms with Gasteiger partial charge in [0.25, 0.3) is 0 Å². The summed E-state index contributed by atoms with van der Waals surface area (Å²) in [5, 5.41) is 0. The van der Waals surface area contributed by atoms with Crippen molar-refractivity contribution >= 4 is 5.78 Å². The van der Waals surface area contributed by atoms with Gasteiger partial charge in [0, 0.05) is 5.92 Å². The van der Waals surface area contributed by atoms with E-state index in [1.807, 2.05) is 0 Å². The Bertz CT molecular complexity index is 360. The van der Waals surface area contributed by atoms with Gasteiger partial charge in [-0.2, -0.15) is 0 Å². The molecule has 0 aliphatic heterocycles. The molecule has 0 heterocycles. The SMILES string of the molecule is CC(=O)C1CC/C=C/C(C)C(C)/C=C\C/C=C/1C. The maximum Gasteiger partial charge on any atom is 0.136 e. The lowest BCUT2D eigenvalue weighted by molar-refractivity contribution is -0.119. The molecule has 18 heavy (non-hydrogen) atoms. The molecule has 100 valence electrons. The Labute approximate surface area is 112 Å². The van der Waals surface area contributed by atoms with Crippen molar-refractivity contribution in [1.82, 2.24) is 0 Å². The number of hydrogen-bond donors (Lipinski definition) is 0. The number of ketones is 1. The van der Waals surface area contributed by atoms with Crippen LogP contribution in [0.3, 0.4) is 0 Å². The first-order chi connectivity index (χ1) is 8.52. The van der Waals surface area contributed by atoms with Crippen LogP contribution in [0.25, 0.3) is 0 Å². The summed E-state index contributed by atoms with van der Waals surface area (Å²) in [5.74, 6) is 1.55. The molecule has 1 aliphatic carbocycles. The average Bonchev–Trinajstić information content (AvgIpc) is 2.31. The number of carbonyl (C=O) groups is 1. The first-order valence-electron chi connectivity index (χ1n) is 7.02. The molecule has 0 amide bonds. The van der Waals surface area contributed by atoms with Crippen molar-refractivity contribution < 1.29 is 4.79 Å². The van der Waals surface area contributed by atoms with Crippen molar-refractivity contribution in [2.45, 2.75) is 47.0 Å². The molecule has 1 aliphatic rings. The highest BCUT2D eigenvalue weighted by atomic mass is 16.1. The van der Waals surface area contributed by atoms with E-state index in [1.54, 1.807) is 6.92 Å². The van der Waals surface area contributed by atoms with Crippen LogP contribution in [0.5, 0.6) is 0 Å². The summed E-state index contributed by atoms with van der Waals surface area (Å²) in [6, 6.07) is 0. The van der Waals surface area contributed by atoms with Crippen LogP contribution in [0.4, 0.5) is 0 Å². The zero-order chi connectivity index (χ0) is 13.5. The van der Waals surface area contributed by atoms with E-state index in [-0.39, 0.29) is 5.92 Å². The van der Waals surface area contributed by atoms with E-state index in [4.69, 9.17) is 0 Å².